The van der Waals surface area contributed by atoms with Crippen molar-refractivity contribution in [2.45, 2.75) is 6.17 Å². The fraction of sp³-hybridized carbons (Fsp3) is 0.0222. The Morgan fingerprint density at radius 3 is 2.06 bits per heavy atom. The lowest BCUT2D eigenvalue weighted by Gasteiger charge is -2.24. The van der Waals surface area contributed by atoms with Gasteiger partial charge in [0.25, 0.3) is 0 Å². The highest BCUT2D eigenvalue weighted by Gasteiger charge is 2.24. The molecule has 236 valence electrons. The van der Waals surface area contributed by atoms with Crippen molar-refractivity contribution in [1.29, 1.82) is 0 Å². The number of nitrogens with one attached hydrogen (secondary N) is 1. The van der Waals surface area contributed by atoms with Gasteiger partial charge in [-0.1, -0.05) is 127 Å². The number of aliphatic imine (C=N–C) groups is 2. The third-order valence-electron chi connectivity index (χ3n) is 9.66. The van der Waals surface area contributed by atoms with Crippen LogP contribution >= 0.6 is 0 Å². The predicted molar refractivity (Wildman–Crippen MR) is 205 cm³/mol. The van der Waals surface area contributed by atoms with Gasteiger partial charge in [0.1, 0.15) is 23.2 Å². The van der Waals surface area contributed by atoms with Crippen LogP contribution in [0.25, 0.3) is 60.6 Å². The lowest BCUT2D eigenvalue weighted by Crippen LogP contribution is -2.33. The second-order valence-corrected chi connectivity index (χ2v) is 12.6. The quantitative estimate of drug-likeness (QED) is 0.203. The van der Waals surface area contributed by atoms with Gasteiger partial charge in [-0.15, -0.1) is 0 Å². The maximum absolute atomic E-state index is 6.47. The van der Waals surface area contributed by atoms with E-state index in [1.165, 1.54) is 21.8 Å². The van der Waals surface area contributed by atoms with Crippen LogP contribution in [0.2, 0.25) is 0 Å². The van der Waals surface area contributed by atoms with Crippen LogP contribution in [-0.4, -0.2) is 16.2 Å². The van der Waals surface area contributed by atoms with Crippen molar-refractivity contribution in [2.75, 3.05) is 0 Å². The number of hydrogen-bond acceptors (Lipinski definition) is 4. The number of benzene rings is 7. The third kappa shape index (κ3) is 4.63. The smallest absolute Gasteiger partial charge is 0.159 e. The highest BCUT2D eigenvalue weighted by Crippen LogP contribution is 2.38. The van der Waals surface area contributed by atoms with Crippen LogP contribution in [0, 0.1) is 0 Å². The van der Waals surface area contributed by atoms with E-state index in [9.17, 15) is 0 Å². The minimum Gasteiger partial charge on any atom is -0.456 e. The van der Waals surface area contributed by atoms with Crippen LogP contribution in [0.3, 0.4) is 0 Å². The van der Waals surface area contributed by atoms with Crippen molar-refractivity contribution in [1.82, 2.24) is 9.88 Å². The molecular formula is C45H30N4O. The molecule has 0 saturated carbocycles. The molecule has 7 aromatic carbocycles. The molecule has 0 saturated heterocycles. The first-order valence-corrected chi connectivity index (χ1v) is 16.9. The molecule has 1 N–H and O–H groups in total. The van der Waals surface area contributed by atoms with E-state index in [2.05, 4.69) is 131 Å². The van der Waals surface area contributed by atoms with Crippen LogP contribution in [0.1, 0.15) is 22.9 Å². The summed E-state index contributed by atoms with van der Waals surface area (Å²) < 4.78 is 8.83. The standard InChI is InChI=1S/C45H30N4O/c1-4-13-29(14-5-1)43-46-44(30-15-6-2-7-16-30)48-45(47-43)36-20-12-22-41-42(36)37-27-31(24-26-40(37)50-41)32-23-25-35-34-19-10-11-21-38(34)49(39(35)28-32)33-17-8-3-9-18-33/h1-28,43H,(H,46,47,48). The zero-order valence-electron chi connectivity index (χ0n) is 27.0. The normalized spacial score (nSPS) is 14.6. The summed E-state index contributed by atoms with van der Waals surface area (Å²) in [5.41, 5.74) is 10.4. The largest absolute Gasteiger partial charge is 0.456 e. The molecule has 2 aromatic heterocycles. The molecule has 0 radical (unpaired) electrons. The molecule has 1 atom stereocenters. The van der Waals surface area contributed by atoms with Gasteiger partial charge in [0.2, 0.25) is 0 Å². The topological polar surface area (TPSA) is 54.8 Å². The van der Waals surface area contributed by atoms with Gasteiger partial charge in [0.15, 0.2) is 5.84 Å². The first kappa shape index (κ1) is 28.3. The molecule has 1 aliphatic rings. The molecule has 5 nitrogen and oxygen atoms in total. The van der Waals surface area contributed by atoms with Crippen molar-refractivity contribution < 1.29 is 4.42 Å². The minimum atomic E-state index is -0.286. The predicted octanol–water partition coefficient (Wildman–Crippen LogP) is 10.8. The summed E-state index contributed by atoms with van der Waals surface area (Å²) in [5, 5.41) is 8.19. The number of aromatic nitrogens is 1. The zero-order valence-corrected chi connectivity index (χ0v) is 27.0. The van der Waals surface area contributed by atoms with Gasteiger partial charge in [-0.3, -0.25) is 0 Å². The Morgan fingerprint density at radius 2 is 1.22 bits per heavy atom. The Hall–Kier alpha value is -6.72. The molecule has 0 spiro atoms. The first-order valence-electron chi connectivity index (χ1n) is 16.9. The Balaban J connectivity index is 1.14. The Morgan fingerprint density at radius 1 is 0.520 bits per heavy atom. The molecule has 50 heavy (non-hydrogen) atoms. The van der Waals surface area contributed by atoms with Crippen molar-refractivity contribution >= 4 is 55.4 Å². The van der Waals surface area contributed by atoms with E-state index in [1.807, 2.05) is 48.5 Å². The molecule has 9 aromatic rings. The maximum Gasteiger partial charge on any atom is 0.159 e. The van der Waals surface area contributed by atoms with Crippen molar-refractivity contribution in [2.24, 2.45) is 9.98 Å². The lowest BCUT2D eigenvalue weighted by molar-refractivity contribution is 0.668. The highest BCUT2D eigenvalue weighted by atomic mass is 16.3. The molecule has 0 fully saturated rings. The number of nitrogens with zero attached hydrogens (tertiary/aromatic N) is 3. The van der Waals surface area contributed by atoms with Gasteiger partial charge in [-0.2, -0.15) is 0 Å². The fourth-order valence-electron chi connectivity index (χ4n) is 7.32. The second kappa shape index (κ2) is 11.5. The Kier molecular flexibility index (Phi) is 6.49. The molecule has 0 amide bonds. The second-order valence-electron chi connectivity index (χ2n) is 12.6. The van der Waals surface area contributed by atoms with Gasteiger partial charge in [0, 0.05) is 38.4 Å². The van der Waals surface area contributed by atoms with Gasteiger partial charge in [-0.25, -0.2) is 9.98 Å². The third-order valence-corrected chi connectivity index (χ3v) is 9.66. The van der Waals surface area contributed by atoms with Crippen LogP contribution in [0.15, 0.2) is 184 Å². The monoisotopic (exact) mass is 642 g/mol. The van der Waals surface area contributed by atoms with Crippen LogP contribution in [-0.2, 0) is 0 Å². The molecule has 10 rings (SSSR count). The summed E-state index contributed by atoms with van der Waals surface area (Å²) in [6, 6.07) is 59.2. The number of para-hydroxylation sites is 2. The average molecular weight is 643 g/mol. The minimum absolute atomic E-state index is 0.286. The number of amidine groups is 2. The highest BCUT2D eigenvalue weighted by molar-refractivity contribution is 6.22. The molecule has 0 bridgehead atoms. The van der Waals surface area contributed by atoms with Crippen molar-refractivity contribution in [3.8, 4) is 16.8 Å². The molecule has 0 aliphatic carbocycles. The summed E-state index contributed by atoms with van der Waals surface area (Å²) in [6.07, 6.45) is -0.286. The molecule has 1 aliphatic heterocycles. The van der Waals surface area contributed by atoms with Crippen LogP contribution in [0.5, 0.6) is 0 Å². The van der Waals surface area contributed by atoms with E-state index in [-0.39, 0.29) is 6.17 Å². The van der Waals surface area contributed by atoms with E-state index in [1.54, 1.807) is 0 Å². The summed E-state index contributed by atoms with van der Waals surface area (Å²) >= 11 is 0. The molecule has 1 unspecified atom stereocenters. The van der Waals surface area contributed by atoms with E-state index >= 15 is 0 Å². The number of furan rings is 1. The molecular weight excluding hydrogens is 613 g/mol. The zero-order chi connectivity index (χ0) is 33.0. The summed E-state index contributed by atoms with van der Waals surface area (Å²) in [6.45, 7) is 0. The van der Waals surface area contributed by atoms with Gasteiger partial charge in [-0.05, 0) is 59.2 Å². The van der Waals surface area contributed by atoms with E-state index in [4.69, 9.17) is 14.4 Å². The van der Waals surface area contributed by atoms with Gasteiger partial charge in [0.05, 0.1) is 11.0 Å². The molecule has 3 heterocycles. The summed E-state index contributed by atoms with van der Waals surface area (Å²) in [7, 11) is 0. The van der Waals surface area contributed by atoms with E-state index < -0.39 is 0 Å². The lowest BCUT2D eigenvalue weighted by atomic mass is 9.99. The maximum atomic E-state index is 6.47. The summed E-state index contributed by atoms with van der Waals surface area (Å²) in [5.74, 6) is 1.46. The average Bonchev–Trinajstić information content (AvgIpc) is 3.74. The Labute approximate surface area is 288 Å². The number of rotatable bonds is 5. The number of hydrogen-bond donors (Lipinski definition) is 1. The van der Waals surface area contributed by atoms with Crippen LogP contribution in [0.4, 0.5) is 0 Å². The first-order chi connectivity index (χ1) is 24.8. The van der Waals surface area contributed by atoms with E-state index in [0.29, 0.717) is 5.84 Å². The van der Waals surface area contributed by atoms with Crippen LogP contribution < -0.4 is 5.32 Å². The van der Waals surface area contributed by atoms with Gasteiger partial charge >= 0.3 is 0 Å². The van der Waals surface area contributed by atoms with Crippen molar-refractivity contribution in [3.05, 3.63) is 187 Å². The Bertz CT molecular complexity index is 2780. The molecule has 5 heteroatoms. The summed E-state index contributed by atoms with van der Waals surface area (Å²) in [4.78, 5) is 10.2. The van der Waals surface area contributed by atoms with Gasteiger partial charge < -0.3 is 14.3 Å². The van der Waals surface area contributed by atoms with Crippen molar-refractivity contribution in [3.63, 3.8) is 0 Å². The number of fused-ring (bicyclic) bond motifs is 6. The van der Waals surface area contributed by atoms with E-state index in [0.717, 1.165) is 61.3 Å². The fourth-order valence-corrected chi connectivity index (χ4v) is 7.32. The SMILES string of the molecule is c1ccc(C2=NC(c3ccccc3)NC(c3cccc4oc5ccc(-c6ccc7c8ccccc8n(-c8ccccc8)c7c6)cc5c34)=N2)cc1.